The lowest BCUT2D eigenvalue weighted by Crippen LogP contribution is -2.35. The van der Waals surface area contributed by atoms with E-state index in [1.807, 2.05) is 42.5 Å². The molecule has 0 unspecified atom stereocenters. The smallest absolute Gasteiger partial charge is 0.255 e. The van der Waals surface area contributed by atoms with Gasteiger partial charge in [-0.1, -0.05) is 48.5 Å². The van der Waals surface area contributed by atoms with Gasteiger partial charge in [-0.2, -0.15) is 0 Å². The highest BCUT2D eigenvalue weighted by molar-refractivity contribution is 5.80. The van der Waals surface area contributed by atoms with Gasteiger partial charge >= 0.3 is 0 Å². The molecular weight excluding hydrogens is 336 g/mol. The van der Waals surface area contributed by atoms with E-state index in [0.29, 0.717) is 12.4 Å². The van der Waals surface area contributed by atoms with E-state index in [9.17, 15) is 4.79 Å². The zero-order valence-electron chi connectivity index (χ0n) is 14.9. The second kappa shape index (κ2) is 6.52. The molecule has 2 N–H and O–H groups in total. The van der Waals surface area contributed by atoms with Crippen molar-refractivity contribution < 1.29 is 0 Å². The van der Waals surface area contributed by atoms with Crippen molar-refractivity contribution >= 4 is 10.9 Å². The number of aromatic nitrogens is 3. The van der Waals surface area contributed by atoms with E-state index in [0.717, 1.165) is 41.8 Å². The van der Waals surface area contributed by atoms with Crippen LogP contribution >= 0.6 is 0 Å². The average Bonchev–Trinajstić information content (AvgIpc) is 3.11. The van der Waals surface area contributed by atoms with Crippen molar-refractivity contribution in [3.8, 4) is 11.4 Å². The fourth-order valence-electron chi connectivity index (χ4n) is 3.81. The molecule has 5 heteroatoms. The summed E-state index contributed by atoms with van der Waals surface area (Å²) in [6.45, 7) is 2.32. The summed E-state index contributed by atoms with van der Waals surface area (Å²) in [7, 11) is 0. The van der Waals surface area contributed by atoms with Crippen molar-refractivity contribution in [3.63, 3.8) is 0 Å². The minimum atomic E-state index is -0.0276. The van der Waals surface area contributed by atoms with Gasteiger partial charge in [-0.05, 0) is 17.5 Å². The number of H-pyrrole nitrogens is 2. The summed E-state index contributed by atoms with van der Waals surface area (Å²) in [6.07, 6.45) is 0.791. The minimum Gasteiger partial charge on any atom is -0.357 e. The van der Waals surface area contributed by atoms with Crippen LogP contribution in [0.25, 0.3) is 22.3 Å². The van der Waals surface area contributed by atoms with Crippen LogP contribution < -0.4 is 5.56 Å². The largest absolute Gasteiger partial charge is 0.357 e. The van der Waals surface area contributed by atoms with Gasteiger partial charge in [-0.25, -0.2) is 4.98 Å². The third-order valence-electron chi connectivity index (χ3n) is 5.17. The second-order valence-corrected chi connectivity index (χ2v) is 7.05. The summed E-state index contributed by atoms with van der Waals surface area (Å²) in [5, 5.41) is 1.22. The fourth-order valence-corrected chi connectivity index (χ4v) is 3.81. The maximum absolute atomic E-state index is 12.7. The van der Waals surface area contributed by atoms with E-state index in [2.05, 4.69) is 33.1 Å². The Morgan fingerprint density at radius 2 is 1.81 bits per heavy atom. The number of nitrogens with one attached hydrogen (secondary N) is 2. The van der Waals surface area contributed by atoms with Gasteiger partial charge in [-0.15, -0.1) is 0 Å². The molecule has 2 aromatic heterocycles. The third-order valence-corrected chi connectivity index (χ3v) is 5.17. The first-order valence-electron chi connectivity index (χ1n) is 9.23. The molecule has 0 atom stereocenters. The van der Waals surface area contributed by atoms with Gasteiger partial charge < -0.3 is 9.97 Å². The number of hydrogen-bond donors (Lipinski definition) is 2. The van der Waals surface area contributed by atoms with Crippen LogP contribution in [0.15, 0.2) is 65.5 Å². The molecule has 4 aromatic rings. The molecule has 27 heavy (non-hydrogen) atoms. The average molecular weight is 356 g/mol. The molecule has 1 aliphatic heterocycles. The first kappa shape index (κ1) is 16.0. The Hall–Kier alpha value is -3.18. The Morgan fingerprint density at radius 3 is 2.67 bits per heavy atom. The molecule has 0 radical (unpaired) electrons. The van der Waals surface area contributed by atoms with E-state index in [-0.39, 0.29) is 5.56 Å². The number of hydrogen-bond acceptors (Lipinski definition) is 3. The Morgan fingerprint density at radius 1 is 1.00 bits per heavy atom. The van der Waals surface area contributed by atoms with Crippen molar-refractivity contribution in [1.82, 2.24) is 19.9 Å². The molecule has 0 amide bonds. The monoisotopic (exact) mass is 356 g/mol. The van der Waals surface area contributed by atoms with Crippen LogP contribution in [0, 0.1) is 0 Å². The standard InChI is InChI=1S/C22H20N4O/c27-22-18-14-26(13-17-12-16-8-4-5-9-19(16)23-17)11-10-20(18)24-21(25-22)15-6-2-1-3-7-15/h1-9,12,23H,10-11,13-14H2,(H,24,25,27). The lowest BCUT2D eigenvalue weighted by atomic mass is 10.1. The Balaban J connectivity index is 1.40. The molecule has 0 saturated heterocycles. The Bertz CT molecular complexity index is 1130. The molecule has 0 spiro atoms. The topological polar surface area (TPSA) is 64.8 Å². The van der Waals surface area contributed by atoms with Crippen LogP contribution in [0.4, 0.5) is 0 Å². The molecule has 0 bridgehead atoms. The summed E-state index contributed by atoms with van der Waals surface area (Å²) in [5.41, 5.74) is 4.95. The predicted octanol–water partition coefficient (Wildman–Crippen LogP) is 3.48. The van der Waals surface area contributed by atoms with Crippen LogP contribution in [-0.2, 0) is 19.5 Å². The van der Waals surface area contributed by atoms with E-state index in [1.165, 1.54) is 11.1 Å². The second-order valence-electron chi connectivity index (χ2n) is 7.05. The van der Waals surface area contributed by atoms with Gasteiger partial charge in [0.1, 0.15) is 5.82 Å². The molecule has 0 aliphatic carbocycles. The van der Waals surface area contributed by atoms with Crippen molar-refractivity contribution in [2.45, 2.75) is 19.5 Å². The van der Waals surface area contributed by atoms with E-state index in [1.54, 1.807) is 0 Å². The molecule has 5 rings (SSSR count). The molecule has 2 aromatic carbocycles. The number of benzene rings is 2. The van der Waals surface area contributed by atoms with Gasteiger partial charge in [-0.3, -0.25) is 9.69 Å². The normalized spacial score (nSPS) is 14.4. The fraction of sp³-hybridized carbons (Fsp3) is 0.182. The van der Waals surface area contributed by atoms with Crippen LogP contribution in [0.5, 0.6) is 0 Å². The lowest BCUT2D eigenvalue weighted by Gasteiger charge is -2.27. The summed E-state index contributed by atoms with van der Waals surface area (Å²) >= 11 is 0. The van der Waals surface area contributed by atoms with Gasteiger partial charge in [0.05, 0.1) is 11.3 Å². The lowest BCUT2D eigenvalue weighted by molar-refractivity contribution is 0.239. The quantitative estimate of drug-likeness (QED) is 0.591. The minimum absolute atomic E-state index is 0.0276. The molecule has 0 fully saturated rings. The number of rotatable bonds is 3. The summed E-state index contributed by atoms with van der Waals surface area (Å²) in [4.78, 5) is 26.1. The summed E-state index contributed by atoms with van der Waals surface area (Å²) in [6, 6.07) is 20.3. The van der Waals surface area contributed by atoms with Crippen LogP contribution in [0.3, 0.4) is 0 Å². The predicted molar refractivity (Wildman–Crippen MR) is 106 cm³/mol. The maximum Gasteiger partial charge on any atom is 0.255 e. The van der Waals surface area contributed by atoms with E-state index >= 15 is 0 Å². The Kier molecular flexibility index (Phi) is 3.87. The zero-order chi connectivity index (χ0) is 18.2. The molecule has 3 heterocycles. The van der Waals surface area contributed by atoms with Crippen molar-refractivity contribution in [1.29, 1.82) is 0 Å². The van der Waals surface area contributed by atoms with Gasteiger partial charge in [0.15, 0.2) is 0 Å². The van der Waals surface area contributed by atoms with Crippen molar-refractivity contribution in [2.24, 2.45) is 0 Å². The van der Waals surface area contributed by atoms with E-state index in [4.69, 9.17) is 4.98 Å². The highest BCUT2D eigenvalue weighted by Gasteiger charge is 2.22. The van der Waals surface area contributed by atoms with E-state index < -0.39 is 0 Å². The molecule has 0 saturated carbocycles. The number of aromatic amines is 2. The first-order chi connectivity index (χ1) is 13.3. The number of fused-ring (bicyclic) bond motifs is 2. The van der Waals surface area contributed by atoms with Crippen LogP contribution in [0.1, 0.15) is 17.0 Å². The van der Waals surface area contributed by atoms with Crippen LogP contribution in [0.2, 0.25) is 0 Å². The molecule has 1 aliphatic rings. The SMILES string of the molecule is O=c1[nH]c(-c2ccccc2)nc2c1CN(Cc1cc3ccccc3[nH]1)CC2. The van der Waals surface area contributed by atoms with Gasteiger partial charge in [0.2, 0.25) is 0 Å². The number of para-hydroxylation sites is 1. The van der Waals surface area contributed by atoms with Crippen molar-refractivity contribution in [3.05, 3.63) is 88.0 Å². The van der Waals surface area contributed by atoms with Crippen molar-refractivity contribution in [2.75, 3.05) is 6.54 Å². The maximum atomic E-state index is 12.7. The summed E-state index contributed by atoms with van der Waals surface area (Å²) < 4.78 is 0. The molecule has 5 nitrogen and oxygen atoms in total. The highest BCUT2D eigenvalue weighted by Crippen LogP contribution is 2.21. The zero-order valence-corrected chi connectivity index (χ0v) is 14.9. The molecule has 134 valence electrons. The third kappa shape index (κ3) is 3.06. The number of nitrogens with zero attached hydrogens (tertiary/aromatic N) is 2. The van der Waals surface area contributed by atoms with Gasteiger partial charge in [0.25, 0.3) is 5.56 Å². The van der Waals surface area contributed by atoms with Crippen LogP contribution in [-0.4, -0.2) is 26.4 Å². The highest BCUT2D eigenvalue weighted by atomic mass is 16.1. The Labute approximate surface area is 156 Å². The summed E-state index contributed by atoms with van der Waals surface area (Å²) in [5.74, 6) is 0.656. The molecular formula is C22H20N4O. The first-order valence-corrected chi connectivity index (χ1v) is 9.23. The van der Waals surface area contributed by atoms with Gasteiger partial charge in [0, 0.05) is 42.8 Å².